The lowest BCUT2D eigenvalue weighted by molar-refractivity contribution is 0.274. The van der Waals surface area contributed by atoms with Crippen molar-refractivity contribution in [3.63, 3.8) is 0 Å². The van der Waals surface area contributed by atoms with Crippen LogP contribution in [0, 0.1) is 18.6 Å². The third-order valence-corrected chi connectivity index (χ3v) is 3.40. The van der Waals surface area contributed by atoms with Crippen LogP contribution in [0.25, 0.3) is 0 Å². The molecular formula is C15H14BrF2NO. The number of hydrogen-bond acceptors (Lipinski definition) is 2. The van der Waals surface area contributed by atoms with Crippen LogP contribution < -0.4 is 5.32 Å². The number of anilines is 1. The van der Waals surface area contributed by atoms with Gasteiger partial charge >= 0.3 is 0 Å². The molecule has 2 N–H and O–H groups in total. The van der Waals surface area contributed by atoms with Gasteiger partial charge in [-0.05, 0) is 42.8 Å². The molecule has 1 atom stereocenters. The highest BCUT2D eigenvalue weighted by Crippen LogP contribution is 2.25. The van der Waals surface area contributed by atoms with E-state index >= 15 is 0 Å². The lowest BCUT2D eigenvalue weighted by Crippen LogP contribution is -2.16. The number of aryl methyl sites for hydroxylation is 1. The van der Waals surface area contributed by atoms with Crippen molar-refractivity contribution in [2.45, 2.75) is 13.0 Å². The average molecular weight is 342 g/mol. The molecule has 0 saturated carbocycles. The Bertz CT molecular complexity index is 599. The van der Waals surface area contributed by atoms with E-state index in [1.165, 1.54) is 18.2 Å². The van der Waals surface area contributed by atoms with Gasteiger partial charge in [0.25, 0.3) is 0 Å². The zero-order valence-electron chi connectivity index (χ0n) is 10.8. The molecule has 0 aliphatic rings. The Labute approximate surface area is 124 Å². The quantitative estimate of drug-likeness (QED) is 0.874. The van der Waals surface area contributed by atoms with Crippen LogP contribution in [-0.2, 0) is 0 Å². The van der Waals surface area contributed by atoms with Crippen LogP contribution >= 0.6 is 15.9 Å². The van der Waals surface area contributed by atoms with Gasteiger partial charge in [-0.15, -0.1) is 0 Å². The zero-order chi connectivity index (χ0) is 14.7. The van der Waals surface area contributed by atoms with Crippen molar-refractivity contribution in [1.29, 1.82) is 0 Å². The maximum Gasteiger partial charge on any atom is 0.129 e. The van der Waals surface area contributed by atoms with E-state index in [9.17, 15) is 13.9 Å². The fourth-order valence-electron chi connectivity index (χ4n) is 2.03. The summed E-state index contributed by atoms with van der Waals surface area (Å²) in [5.74, 6) is -0.806. The molecule has 0 aliphatic heterocycles. The summed E-state index contributed by atoms with van der Waals surface area (Å²) in [5.41, 5.74) is 1.59. The Kier molecular flexibility index (Phi) is 4.73. The van der Waals surface area contributed by atoms with Gasteiger partial charge in [0, 0.05) is 15.7 Å². The van der Waals surface area contributed by atoms with Crippen LogP contribution in [0.2, 0.25) is 0 Å². The third-order valence-electron chi connectivity index (χ3n) is 2.90. The zero-order valence-corrected chi connectivity index (χ0v) is 12.4. The minimum absolute atomic E-state index is 0.298. The maximum atomic E-state index is 13.9. The predicted molar refractivity (Wildman–Crippen MR) is 78.7 cm³/mol. The van der Waals surface area contributed by atoms with Gasteiger partial charge < -0.3 is 10.4 Å². The first kappa shape index (κ1) is 14.9. The van der Waals surface area contributed by atoms with Crippen molar-refractivity contribution < 1.29 is 13.9 Å². The molecule has 0 aromatic heterocycles. The number of aliphatic hydroxyl groups excluding tert-OH is 1. The van der Waals surface area contributed by atoms with Crippen LogP contribution in [0.5, 0.6) is 0 Å². The van der Waals surface area contributed by atoms with E-state index in [-0.39, 0.29) is 12.4 Å². The highest BCUT2D eigenvalue weighted by atomic mass is 79.9. The fraction of sp³-hybridized carbons (Fsp3) is 0.200. The minimum Gasteiger partial charge on any atom is -0.394 e. The largest absolute Gasteiger partial charge is 0.394 e. The van der Waals surface area contributed by atoms with E-state index in [4.69, 9.17) is 0 Å². The number of nitrogens with one attached hydrogen (secondary N) is 1. The Balaban J connectivity index is 2.28. The monoisotopic (exact) mass is 341 g/mol. The van der Waals surface area contributed by atoms with Crippen molar-refractivity contribution in [2.75, 3.05) is 11.9 Å². The molecule has 0 spiro atoms. The van der Waals surface area contributed by atoms with Crippen LogP contribution in [0.4, 0.5) is 14.5 Å². The number of benzene rings is 2. The van der Waals surface area contributed by atoms with Gasteiger partial charge in [-0.25, -0.2) is 8.78 Å². The second kappa shape index (κ2) is 6.33. The number of halogens is 3. The second-order valence-electron chi connectivity index (χ2n) is 4.56. The van der Waals surface area contributed by atoms with Crippen molar-refractivity contribution >= 4 is 21.6 Å². The first-order valence-corrected chi connectivity index (χ1v) is 6.88. The van der Waals surface area contributed by atoms with E-state index in [0.717, 1.165) is 5.56 Å². The SMILES string of the molecule is Cc1cc(F)cc(NC(CO)c2ccc(Br)cc2F)c1. The summed E-state index contributed by atoms with van der Waals surface area (Å²) in [6.07, 6.45) is 0. The molecule has 1 unspecified atom stereocenters. The van der Waals surface area contributed by atoms with Gasteiger partial charge in [0.1, 0.15) is 11.6 Å². The van der Waals surface area contributed by atoms with Gasteiger partial charge in [-0.3, -0.25) is 0 Å². The molecule has 5 heteroatoms. The summed E-state index contributed by atoms with van der Waals surface area (Å²) in [6.45, 7) is 1.47. The van der Waals surface area contributed by atoms with Crippen molar-refractivity contribution in [1.82, 2.24) is 0 Å². The first-order chi connectivity index (χ1) is 9.49. The average Bonchev–Trinajstić information content (AvgIpc) is 2.35. The molecule has 0 fully saturated rings. The van der Waals surface area contributed by atoms with Crippen LogP contribution in [0.15, 0.2) is 40.9 Å². The Hall–Kier alpha value is -1.46. The highest BCUT2D eigenvalue weighted by molar-refractivity contribution is 9.10. The van der Waals surface area contributed by atoms with Crippen LogP contribution in [0.3, 0.4) is 0 Å². The normalized spacial score (nSPS) is 12.2. The fourth-order valence-corrected chi connectivity index (χ4v) is 2.36. The summed E-state index contributed by atoms with van der Waals surface area (Å²) in [5, 5.41) is 12.4. The lowest BCUT2D eigenvalue weighted by Gasteiger charge is -2.19. The van der Waals surface area contributed by atoms with E-state index in [2.05, 4.69) is 21.2 Å². The molecule has 0 aliphatic carbocycles. The van der Waals surface area contributed by atoms with E-state index in [1.54, 1.807) is 25.1 Å². The topological polar surface area (TPSA) is 32.3 Å². The van der Waals surface area contributed by atoms with E-state index in [1.807, 2.05) is 0 Å². The Morgan fingerprint density at radius 1 is 1.20 bits per heavy atom. The summed E-state index contributed by atoms with van der Waals surface area (Å²) in [4.78, 5) is 0. The first-order valence-electron chi connectivity index (χ1n) is 6.09. The molecule has 2 rings (SSSR count). The second-order valence-corrected chi connectivity index (χ2v) is 5.48. The molecule has 0 radical (unpaired) electrons. The van der Waals surface area contributed by atoms with E-state index in [0.29, 0.717) is 15.7 Å². The third kappa shape index (κ3) is 3.55. The molecule has 106 valence electrons. The maximum absolute atomic E-state index is 13.9. The highest BCUT2D eigenvalue weighted by Gasteiger charge is 2.15. The van der Waals surface area contributed by atoms with Gasteiger partial charge in [0.05, 0.1) is 12.6 Å². The molecule has 20 heavy (non-hydrogen) atoms. The number of hydrogen-bond donors (Lipinski definition) is 2. The van der Waals surface area contributed by atoms with Gasteiger partial charge in [0.15, 0.2) is 0 Å². The molecule has 0 bridgehead atoms. The molecule has 0 saturated heterocycles. The lowest BCUT2D eigenvalue weighted by atomic mass is 10.1. The summed E-state index contributed by atoms with van der Waals surface area (Å²) < 4.78 is 27.9. The molecule has 0 heterocycles. The van der Waals surface area contributed by atoms with E-state index < -0.39 is 11.9 Å². The number of rotatable bonds is 4. The smallest absolute Gasteiger partial charge is 0.129 e. The minimum atomic E-state index is -0.635. The van der Waals surface area contributed by atoms with Gasteiger partial charge in [-0.2, -0.15) is 0 Å². The standard InChI is InChI=1S/C15H14BrF2NO/c1-9-4-11(17)7-12(5-9)19-15(8-20)13-3-2-10(16)6-14(13)18/h2-7,15,19-20H,8H2,1H3. The van der Waals surface area contributed by atoms with Crippen LogP contribution in [0.1, 0.15) is 17.2 Å². The van der Waals surface area contributed by atoms with Gasteiger partial charge in [0.2, 0.25) is 0 Å². The summed E-state index contributed by atoms with van der Waals surface area (Å²) in [6, 6.07) is 8.42. The summed E-state index contributed by atoms with van der Waals surface area (Å²) in [7, 11) is 0. The number of aliphatic hydroxyl groups is 1. The van der Waals surface area contributed by atoms with Crippen molar-refractivity contribution in [3.8, 4) is 0 Å². The molecule has 2 nitrogen and oxygen atoms in total. The molecule has 2 aromatic carbocycles. The predicted octanol–water partition coefficient (Wildman–Crippen LogP) is 4.18. The van der Waals surface area contributed by atoms with Gasteiger partial charge in [-0.1, -0.05) is 22.0 Å². The van der Waals surface area contributed by atoms with Crippen molar-refractivity contribution in [3.05, 3.63) is 63.6 Å². The van der Waals surface area contributed by atoms with Crippen LogP contribution in [-0.4, -0.2) is 11.7 Å². The Morgan fingerprint density at radius 2 is 1.95 bits per heavy atom. The molecular weight excluding hydrogens is 328 g/mol. The molecule has 0 amide bonds. The van der Waals surface area contributed by atoms with Crippen molar-refractivity contribution in [2.24, 2.45) is 0 Å². The summed E-state index contributed by atoms with van der Waals surface area (Å²) >= 11 is 3.18. The molecule has 2 aromatic rings. The Morgan fingerprint density at radius 3 is 2.55 bits per heavy atom.